The summed E-state index contributed by atoms with van der Waals surface area (Å²) in [7, 11) is 0. The van der Waals surface area contributed by atoms with Crippen molar-refractivity contribution in [3.8, 4) is 0 Å². The molecule has 1 fully saturated rings. The van der Waals surface area contributed by atoms with Crippen LogP contribution in [0.1, 0.15) is 19.5 Å². The van der Waals surface area contributed by atoms with Gasteiger partial charge in [0.1, 0.15) is 6.04 Å². The summed E-state index contributed by atoms with van der Waals surface area (Å²) < 4.78 is 38.4. The maximum absolute atomic E-state index is 12.8. The van der Waals surface area contributed by atoms with E-state index >= 15 is 0 Å². The van der Waals surface area contributed by atoms with Crippen molar-refractivity contribution in [2.45, 2.75) is 32.6 Å². The lowest BCUT2D eigenvalue weighted by Gasteiger charge is -2.39. The summed E-state index contributed by atoms with van der Waals surface area (Å²) in [4.78, 5) is 7.98. The molecule has 1 saturated heterocycles. The molecule has 6 nitrogen and oxygen atoms in total. The van der Waals surface area contributed by atoms with Gasteiger partial charge in [0.15, 0.2) is 5.96 Å². The third-order valence-corrected chi connectivity index (χ3v) is 3.93. The van der Waals surface area contributed by atoms with E-state index in [2.05, 4.69) is 20.5 Å². The maximum Gasteiger partial charge on any atom is 0.403 e. The van der Waals surface area contributed by atoms with Crippen molar-refractivity contribution in [1.29, 1.82) is 0 Å². The number of nitrogens with one attached hydrogen (secondary N) is 2. The second-order valence-electron chi connectivity index (χ2n) is 5.49. The number of alkyl halides is 3. The standard InChI is InChI=1S/C14H23F3N6.HI/c1-3-18-13(19-10-12-4-5-20-21-12)23-8-6-22(7-9-23)11(2)14(15,16)17;/h4-5,11H,3,6-10H2,1-2H3,(H,18,19)(H,20,21);1H. The van der Waals surface area contributed by atoms with Gasteiger partial charge in [0.05, 0.1) is 12.2 Å². The Balaban J connectivity index is 0.00000288. The Morgan fingerprint density at radius 2 is 2.04 bits per heavy atom. The number of rotatable bonds is 4. The Bertz CT molecular complexity index is 497. The van der Waals surface area contributed by atoms with Gasteiger partial charge in [-0.1, -0.05) is 0 Å². The molecular formula is C14H24F3IN6. The average molecular weight is 460 g/mol. The first-order valence-corrected chi connectivity index (χ1v) is 7.74. The summed E-state index contributed by atoms with van der Waals surface area (Å²) >= 11 is 0. The summed E-state index contributed by atoms with van der Waals surface area (Å²) in [5.74, 6) is 0.724. The van der Waals surface area contributed by atoms with Crippen LogP contribution in [0.25, 0.3) is 0 Å². The number of aromatic nitrogens is 2. The van der Waals surface area contributed by atoms with Crippen molar-refractivity contribution in [3.05, 3.63) is 18.0 Å². The molecule has 0 amide bonds. The molecule has 138 valence electrons. The molecule has 1 aromatic rings. The lowest BCUT2D eigenvalue weighted by Crippen LogP contribution is -2.56. The van der Waals surface area contributed by atoms with Crippen LogP contribution in [0.2, 0.25) is 0 Å². The molecule has 0 radical (unpaired) electrons. The molecular weight excluding hydrogens is 436 g/mol. The minimum Gasteiger partial charge on any atom is -0.357 e. The molecule has 0 aromatic carbocycles. The zero-order chi connectivity index (χ0) is 16.9. The number of H-pyrrole nitrogens is 1. The van der Waals surface area contributed by atoms with Gasteiger partial charge in [-0.15, -0.1) is 24.0 Å². The molecule has 0 aliphatic carbocycles. The van der Waals surface area contributed by atoms with Crippen LogP contribution in [0.4, 0.5) is 13.2 Å². The van der Waals surface area contributed by atoms with Crippen molar-refractivity contribution in [2.75, 3.05) is 32.7 Å². The number of hydrogen-bond donors (Lipinski definition) is 2. The molecule has 0 saturated carbocycles. The van der Waals surface area contributed by atoms with Crippen molar-refractivity contribution in [3.63, 3.8) is 0 Å². The van der Waals surface area contributed by atoms with E-state index in [-0.39, 0.29) is 24.0 Å². The van der Waals surface area contributed by atoms with Crippen LogP contribution in [0, 0.1) is 0 Å². The molecule has 1 aliphatic heterocycles. The van der Waals surface area contributed by atoms with Crippen molar-refractivity contribution in [1.82, 2.24) is 25.3 Å². The first kappa shape index (κ1) is 21.0. The molecule has 0 spiro atoms. The average Bonchev–Trinajstić information content (AvgIpc) is 3.03. The first-order valence-electron chi connectivity index (χ1n) is 7.74. The van der Waals surface area contributed by atoms with E-state index in [4.69, 9.17) is 0 Å². The molecule has 10 heteroatoms. The smallest absolute Gasteiger partial charge is 0.357 e. The Morgan fingerprint density at radius 3 is 2.54 bits per heavy atom. The number of piperazine rings is 1. The minimum atomic E-state index is -4.18. The van der Waals surface area contributed by atoms with Crippen LogP contribution in [0.15, 0.2) is 17.3 Å². The summed E-state index contributed by atoms with van der Waals surface area (Å²) in [5, 5.41) is 9.90. The quantitative estimate of drug-likeness (QED) is 0.411. The van der Waals surface area contributed by atoms with Crippen LogP contribution >= 0.6 is 24.0 Å². The van der Waals surface area contributed by atoms with Gasteiger partial charge < -0.3 is 10.2 Å². The van der Waals surface area contributed by atoms with Gasteiger partial charge in [-0.2, -0.15) is 18.3 Å². The van der Waals surface area contributed by atoms with Gasteiger partial charge in [-0.25, -0.2) is 4.99 Å². The Kier molecular flexibility index (Phi) is 8.27. The predicted molar refractivity (Wildman–Crippen MR) is 97.5 cm³/mol. The van der Waals surface area contributed by atoms with Crippen LogP contribution in [0.5, 0.6) is 0 Å². The number of hydrogen-bond acceptors (Lipinski definition) is 3. The van der Waals surface area contributed by atoms with Crippen LogP contribution in [-0.2, 0) is 6.54 Å². The summed E-state index contributed by atoms with van der Waals surface area (Å²) in [6, 6.07) is 0.435. The third kappa shape index (κ3) is 5.80. The highest BCUT2D eigenvalue weighted by atomic mass is 127. The first-order chi connectivity index (χ1) is 10.9. The lowest BCUT2D eigenvalue weighted by atomic mass is 10.2. The maximum atomic E-state index is 12.8. The SMILES string of the molecule is CCNC(=NCc1ccn[nH]1)N1CCN(C(C)C(F)(F)F)CC1.I. The zero-order valence-corrected chi connectivity index (χ0v) is 16.1. The lowest BCUT2D eigenvalue weighted by molar-refractivity contribution is -0.181. The summed E-state index contributed by atoms with van der Waals surface area (Å²) in [6.45, 7) is 6.14. The van der Waals surface area contributed by atoms with Crippen LogP contribution in [0.3, 0.4) is 0 Å². The van der Waals surface area contributed by atoms with Crippen molar-refractivity contribution in [2.24, 2.45) is 4.99 Å². The highest BCUT2D eigenvalue weighted by Gasteiger charge is 2.41. The molecule has 1 unspecified atom stereocenters. The molecule has 24 heavy (non-hydrogen) atoms. The van der Waals surface area contributed by atoms with E-state index in [1.807, 2.05) is 17.9 Å². The third-order valence-electron chi connectivity index (χ3n) is 3.93. The fourth-order valence-electron chi connectivity index (χ4n) is 2.49. The Morgan fingerprint density at radius 1 is 1.38 bits per heavy atom. The molecule has 2 N–H and O–H groups in total. The molecule has 1 atom stereocenters. The van der Waals surface area contributed by atoms with Gasteiger partial charge >= 0.3 is 6.18 Å². The molecule has 1 aliphatic rings. The van der Waals surface area contributed by atoms with E-state index in [1.54, 1.807) is 6.20 Å². The highest BCUT2D eigenvalue weighted by Crippen LogP contribution is 2.25. The van der Waals surface area contributed by atoms with E-state index in [9.17, 15) is 13.2 Å². The monoisotopic (exact) mass is 460 g/mol. The zero-order valence-electron chi connectivity index (χ0n) is 13.8. The minimum absolute atomic E-state index is 0. The number of nitrogens with zero attached hydrogens (tertiary/aromatic N) is 4. The number of halogens is 4. The van der Waals surface area contributed by atoms with E-state index < -0.39 is 12.2 Å². The Hall–Kier alpha value is -1.04. The van der Waals surface area contributed by atoms with Gasteiger partial charge in [-0.3, -0.25) is 10.00 Å². The number of guanidine groups is 1. The van der Waals surface area contributed by atoms with Gasteiger partial charge in [0.2, 0.25) is 0 Å². The summed E-state index contributed by atoms with van der Waals surface area (Å²) in [5.41, 5.74) is 0.893. The second-order valence-corrected chi connectivity index (χ2v) is 5.49. The summed E-state index contributed by atoms with van der Waals surface area (Å²) in [6.07, 6.45) is -2.52. The van der Waals surface area contributed by atoms with Crippen molar-refractivity contribution < 1.29 is 13.2 Å². The van der Waals surface area contributed by atoms with E-state index in [0.29, 0.717) is 39.3 Å². The van der Waals surface area contributed by atoms with Crippen molar-refractivity contribution >= 4 is 29.9 Å². The highest BCUT2D eigenvalue weighted by molar-refractivity contribution is 14.0. The van der Waals surface area contributed by atoms with Crippen LogP contribution < -0.4 is 5.32 Å². The van der Waals surface area contributed by atoms with Gasteiger partial charge in [0.25, 0.3) is 0 Å². The number of aliphatic imine (C=N–C) groups is 1. The normalized spacial score (nSPS) is 18.2. The molecule has 1 aromatic heterocycles. The molecule has 2 heterocycles. The van der Waals surface area contributed by atoms with Gasteiger partial charge in [-0.05, 0) is 19.9 Å². The van der Waals surface area contributed by atoms with Crippen LogP contribution in [-0.4, -0.2) is 70.9 Å². The predicted octanol–water partition coefficient (Wildman–Crippen LogP) is 2.06. The van der Waals surface area contributed by atoms with Gasteiger partial charge in [0, 0.05) is 38.9 Å². The van der Waals surface area contributed by atoms with E-state index in [0.717, 1.165) is 11.7 Å². The molecule has 0 bridgehead atoms. The fourth-order valence-corrected chi connectivity index (χ4v) is 2.49. The van der Waals surface area contributed by atoms with E-state index in [1.165, 1.54) is 11.8 Å². The Labute approximate surface area is 156 Å². The largest absolute Gasteiger partial charge is 0.403 e. The fraction of sp³-hybridized carbons (Fsp3) is 0.714. The topological polar surface area (TPSA) is 59.6 Å². The second kappa shape index (κ2) is 9.44. The molecule has 2 rings (SSSR count). The number of aromatic amines is 1.